The summed E-state index contributed by atoms with van der Waals surface area (Å²) in [5.41, 5.74) is -0.406. The first-order valence-electron chi connectivity index (χ1n) is 14.3. The van der Waals surface area contributed by atoms with Crippen LogP contribution in [0.25, 0.3) is 11.2 Å². The average Bonchev–Trinajstić information content (AvgIpc) is 3.76. The molecule has 240 valence electrons. The Hall–Kier alpha value is -3.95. The molecule has 0 spiro atoms. The third-order valence-electron chi connectivity index (χ3n) is 7.27. The van der Waals surface area contributed by atoms with E-state index in [0.717, 1.165) is 35.7 Å². The molecule has 0 atom stereocenters. The number of rotatable bonds is 12. The van der Waals surface area contributed by atoms with Gasteiger partial charge in [-0.15, -0.1) is 0 Å². The number of ether oxygens (including phenoxy) is 2. The van der Waals surface area contributed by atoms with Crippen LogP contribution in [-0.4, -0.2) is 51.2 Å². The number of alkyl halides is 3. The molecule has 4 aromatic heterocycles. The molecule has 0 bridgehead atoms. The number of fused-ring (bicyclic) bond motifs is 1. The Bertz CT molecular complexity index is 1820. The van der Waals surface area contributed by atoms with Gasteiger partial charge in [0.15, 0.2) is 11.4 Å². The highest BCUT2D eigenvalue weighted by molar-refractivity contribution is 6.76. The maximum Gasteiger partial charge on any atom is 0.417 e. The number of nitrogens with zero attached hydrogens (tertiary/aromatic N) is 5. The lowest BCUT2D eigenvalue weighted by atomic mass is 10.1. The fraction of sp³-hybridized carbons (Fsp3) is 0.414. The van der Waals surface area contributed by atoms with Crippen molar-refractivity contribution in [2.24, 2.45) is 20.0 Å². The molecular weight excluding hydrogens is 629 g/mol. The zero-order valence-corrected chi connectivity index (χ0v) is 27.2. The Morgan fingerprint density at radius 1 is 1.18 bits per heavy atom. The standard InChI is InChI=1S/C29H34ClF3N8O3Si/c1-40-14-17(29(31,32)33)10-20(27(40)42)38-28-39-26-24(41(28)2)22(30)21(13-36-26)44-18-11-19(23(34)16-6-7-16)25(35-12-18)37-15-43-8-9-45(3,4)5/h10-14,16,34H,6-9,15H2,1-5H3,(H,35,37)(H,36,38,39). The summed E-state index contributed by atoms with van der Waals surface area (Å²) in [4.78, 5) is 25.7. The Morgan fingerprint density at radius 2 is 1.91 bits per heavy atom. The first kappa shape index (κ1) is 32.4. The van der Waals surface area contributed by atoms with Crippen LogP contribution < -0.4 is 20.9 Å². The lowest BCUT2D eigenvalue weighted by molar-refractivity contribution is -0.138. The zero-order chi connectivity index (χ0) is 32.7. The van der Waals surface area contributed by atoms with Crippen LogP contribution >= 0.6 is 11.6 Å². The van der Waals surface area contributed by atoms with Crippen LogP contribution in [0.3, 0.4) is 0 Å². The summed E-state index contributed by atoms with van der Waals surface area (Å²) in [6.45, 7) is 7.76. The number of halogens is 4. The number of hydrogen-bond acceptors (Lipinski definition) is 9. The molecule has 1 aliphatic rings. The van der Waals surface area contributed by atoms with E-state index in [0.29, 0.717) is 35.0 Å². The van der Waals surface area contributed by atoms with Gasteiger partial charge in [0.2, 0.25) is 5.95 Å². The van der Waals surface area contributed by atoms with Crippen molar-refractivity contribution in [1.29, 1.82) is 5.41 Å². The predicted octanol–water partition coefficient (Wildman–Crippen LogP) is 6.77. The zero-order valence-electron chi connectivity index (χ0n) is 25.5. The molecule has 0 unspecified atom stereocenters. The van der Waals surface area contributed by atoms with E-state index in [1.807, 2.05) is 0 Å². The topological polar surface area (TPSA) is 132 Å². The SMILES string of the molecule is Cn1cc(C(F)(F)F)cc(Nc2nc3ncc(Oc4cnc(NCOCC[Si](C)(C)C)c(C(=N)C5CC5)c4)c(Cl)c3n2C)c1=O. The van der Waals surface area contributed by atoms with E-state index in [1.165, 1.54) is 24.0 Å². The van der Waals surface area contributed by atoms with Crippen LogP contribution in [0.4, 0.5) is 30.6 Å². The summed E-state index contributed by atoms with van der Waals surface area (Å²) in [7, 11) is 1.60. The van der Waals surface area contributed by atoms with E-state index < -0.39 is 25.4 Å². The second kappa shape index (κ2) is 12.4. The van der Waals surface area contributed by atoms with Crippen LogP contribution in [0.1, 0.15) is 24.0 Å². The lowest BCUT2D eigenvalue weighted by Crippen LogP contribution is -2.23. The predicted molar refractivity (Wildman–Crippen MR) is 170 cm³/mol. The number of pyridine rings is 3. The Labute approximate surface area is 263 Å². The third kappa shape index (κ3) is 7.48. The molecule has 5 rings (SSSR count). The van der Waals surface area contributed by atoms with Crippen molar-refractivity contribution in [2.45, 2.75) is 44.7 Å². The normalized spacial score (nSPS) is 13.7. The summed E-state index contributed by atoms with van der Waals surface area (Å²) in [5, 5.41) is 14.7. The Morgan fingerprint density at radius 3 is 2.58 bits per heavy atom. The monoisotopic (exact) mass is 662 g/mol. The lowest BCUT2D eigenvalue weighted by Gasteiger charge is -2.17. The number of nitrogens with one attached hydrogen (secondary N) is 3. The first-order valence-corrected chi connectivity index (χ1v) is 18.3. The summed E-state index contributed by atoms with van der Waals surface area (Å²) < 4.78 is 54.2. The molecule has 0 aromatic carbocycles. The van der Waals surface area contributed by atoms with E-state index >= 15 is 0 Å². The minimum Gasteiger partial charge on any atom is -0.452 e. The van der Waals surface area contributed by atoms with Crippen molar-refractivity contribution in [3.05, 3.63) is 57.2 Å². The number of aryl methyl sites for hydroxylation is 2. The molecule has 4 heterocycles. The Balaban J connectivity index is 1.39. The highest BCUT2D eigenvalue weighted by atomic mass is 35.5. The molecule has 0 amide bonds. The van der Waals surface area contributed by atoms with Crippen molar-refractivity contribution >= 4 is 54.0 Å². The fourth-order valence-electron chi connectivity index (χ4n) is 4.51. The third-order valence-corrected chi connectivity index (χ3v) is 9.34. The summed E-state index contributed by atoms with van der Waals surface area (Å²) in [5.74, 6) is 1.24. The van der Waals surface area contributed by atoms with E-state index in [9.17, 15) is 18.0 Å². The van der Waals surface area contributed by atoms with E-state index in [-0.39, 0.29) is 40.7 Å². The van der Waals surface area contributed by atoms with E-state index in [2.05, 4.69) is 45.2 Å². The number of hydrogen-bond donors (Lipinski definition) is 3. The maximum absolute atomic E-state index is 13.4. The number of anilines is 3. The van der Waals surface area contributed by atoms with Gasteiger partial charge in [-0.05, 0) is 31.0 Å². The number of imidazole rings is 1. The second-order valence-corrected chi connectivity index (χ2v) is 18.2. The van der Waals surface area contributed by atoms with Gasteiger partial charge in [0.25, 0.3) is 5.56 Å². The van der Waals surface area contributed by atoms with Crippen molar-refractivity contribution in [1.82, 2.24) is 24.1 Å². The van der Waals surface area contributed by atoms with E-state index in [4.69, 9.17) is 26.5 Å². The van der Waals surface area contributed by atoms with Crippen molar-refractivity contribution in [3.63, 3.8) is 0 Å². The van der Waals surface area contributed by atoms with Gasteiger partial charge in [-0.2, -0.15) is 18.2 Å². The molecule has 16 heteroatoms. The minimum atomic E-state index is -4.65. The van der Waals surface area contributed by atoms with Crippen molar-refractivity contribution < 1.29 is 22.6 Å². The molecule has 45 heavy (non-hydrogen) atoms. The van der Waals surface area contributed by atoms with Crippen LogP contribution in [0, 0.1) is 11.3 Å². The molecule has 0 aliphatic heterocycles. The molecular formula is C29H34ClF3N8O3Si. The van der Waals surface area contributed by atoms with Gasteiger partial charge in [0, 0.05) is 52.2 Å². The van der Waals surface area contributed by atoms with E-state index in [1.54, 1.807) is 13.1 Å². The summed E-state index contributed by atoms with van der Waals surface area (Å²) in [6.07, 6.45) is 0.830. The minimum absolute atomic E-state index is 0.0531. The molecule has 1 fully saturated rings. The van der Waals surface area contributed by atoms with Gasteiger partial charge in [0.05, 0.1) is 18.0 Å². The number of aromatic nitrogens is 5. The van der Waals surface area contributed by atoms with Crippen molar-refractivity contribution in [2.75, 3.05) is 24.0 Å². The van der Waals surface area contributed by atoms with Gasteiger partial charge >= 0.3 is 6.18 Å². The van der Waals surface area contributed by atoms with Gasteiger partial charge in [-0.25, -0.2) is 9.97 Å². The molecule has 1 saturated carbocycles. The summed E-state index contributed by atoms with van der Waals surface area (Å²) >= 11 is 6.72. The smallest absolute Gasteiger partial charge is 0.417 e. The van der Waals surface area contributed by atoms with Gasteiger partial charge in [-0.3, -0.25) is 4.79 Å². The van der Waals surface area contributed by atoms with Gasteiger partial charge in [0.1, 0.15) is 34.5 Å². The molecule has 3 N–H and O–H groups in total. The fourth-order valence-corrected chi connectivity index (χ4v) is 5.56. The molecule has 1 aliphatic carbocycles. The largest absolute Gasteiger partial charge is 0.452 e. The molecule has 0 saturated heterocycles. The van der Waals surface area contributed by atoms with Crippen LogP contribution in [0.15, 0.2) is 35.5 Å². The van der Waals surface area contributed by atoms with Crippen LogP contribution in [0.5, 0.6) is 11.5 Å². The highest BCUT2D eigenvalue weighted by Gasteiger charge is 2.32. The second-order valence-electron chi connectivity index (χ2n) is 12.2. The Kier molecular flexibility index (Phi) is 8.97. The maximum atomic E-state index is 13.4. The van der Waals surface area contributed by atoms with Crippen LogP contribution in [-0.2, 0) is 25.0 Å². The van der Waals surface area contributed by atoms with Gasteiger partial charge < -0.3 is 34.7 Å². The highest BCUT2D eigenvalue weighted by Crippen LogP contribution is 2.38. The first-order chi connectivity index (χ1) is 21.1. The van der Waals surface area contributed by atoms with Crippen molar-refractivity contribution in [3.8, 4) is 11.5 Å². The quantitative estimate of drug-likeness (QED) is 0.0655. The summed E-state index contributed by atoms with van der Waals surface area (Å²) in [6, 6.07) is 3.49. The molecule has 0 radical (unpaired) electrons. The average molecular weight is 663 g/mol. The molecule has 11 nitrogen and oxygen atoms in total. The van der Waals surface area contributed by atoms with Gasteiger partial charge in [-0.1, -0.05) is 31.2 Å². The van der Waals surface area contributed by atoms with Crippen LogP contribution in [0.2, 0.25) is 30.7 Å². The molecule has 4 aromatic rings.